The van der Waals surface area contributed by atoms with E-state index in [9.17, 15) is 5.11 Å². The molecule has 3 rings (SSSR count). The molecule has 0 aromatic heterocycles. The molecule has 2 nitrogen and oxygen atoms in total. The molecule has 0 bridgehead atoms. The second kappa shape index (κ2) is 5.89. The Morgan fingerprint density at radius 1 is 1.09 bits per heavy atom. The number of nitrogens with zero attached hydrogens (tertiary/aromatic N) is 1. The summed E-state index contributed by atoms with van der Waals surface area (Å²) < 4.78 is 0. The summed E-state index contributed by atoms with van der Waals surface area (Å²) >= 11 is 0. The Morgan fingerprint density at radius 3 is 2.39 bits per heavy atom. The zero-order chi connectivity index (χ0) is 16.7. The lowest BCUT2D eigenvalue weighted by molar-refractivity contribution is 0.0635. The van der Waals surface area contributed by atoms with Crippen LogP contribution in [-0.4, -0.2) is 36.4 Å². The van der Waals surface area contributed by atoms with Crippen molar-refractivity contribution < 1.29 is 5.11 Å². The molecule has 0 radical (unpaired) electrons. The number of aliphatic hydroxyl groups is 1. The van der Waals surface area contributed by atoms with Crippen LogP contribution in [0.25, 0.3) is 0 Å². The Bertz CT molecular complexity index is 695. The molecule has 0 amide bonds. The lowest BCUT2D eigenvalue weighted by Crippen LogP contribution is -2.69. The maximum Gasteiger partial charge on any atom is 0.129 e. The van der Waals surface area contributed by atoms with Gasteiger partial charge in [-0.1, -0.05) is 65.8 Å². The molecular weight excluding hydrogens is 298 g/mol. The van der Waals surface area contributed by atoms with Crippen LogP contribution in [0.1, 0.15) is 25.0 Å². The average Bonchev–Trinajstić information content (AvgIpc) is 2.55. The number of hydrogen-bond acceptors (Lipinski definition) is 2. The van der Waals surface area contributed by atoms with Crippen LogP contribution in [0.3, 0.4) is 0 Å². The Morgan fingerprint density at radius 2 is 1.74 bits per heavy atom. The molecule has 0 spiro atoms. The van der Waals surface area contributed by atoms with E-state index in [2.05, 4.69) is 80.7 Å². The summed E-state index contributed by atoms with van der Waals surface area (Å²) in [6.07, 6.45) is 1.06. The van der Waals surface area contributed by atoms with Crippen molar-refractivity contribution in [2.45, 2.75) is 39.4 Å². The molecule has 0 fully saturated rings. The van der Waals surface area contributed by atoms with E-state index in [0.717, 1.165) is 12.7 Å². The lowest BCUT2D eigenvalue weighted by Gasteiger charge is -2.47. The molecule has 1 aliphatic rings. The quantitative estimate of drug-likeness (QED) is 0.876. The fraction of sp³-hybridized carbons (Fsp3) is 0.400. The van der Waals surface area contributed by atoms with Crippen LogP contribution < -0.4 is 10.4 Å². The molecule has 122 valence electrons. The van der Waals surface area contributed by atoms with Gasteiger partial charge < -0.3 is 5.11 Å². The normalized spacial score (nSPS) is 22.0. The average molecular weight is 326 g/mol. The van der Waals surface area contributed by atoms with Gasteiger partial charge in [-0.2, -0.15) is 0 Å². The van der Waals surface area contributed by atoms with Crippen LogP contribution in [0.4, 0.5) is 0 Å². The second-order valence-electron chi connectivity index (χ2n) is 7.68. The van der Waals surface area contributed by atoms with Crippen molar-refractivity contribution in [3.63, 3.8) is 0 Å². The van der Waals surface area contributed by atoms with E-state index in [1.807, 2.05) is 0 Å². The third-order valence-electron chi connectivity index (χ3n) is 5.41. The van der Waals surface area contributed by atoms with Gasteiger partial charge in [-0.3, -0.25) is 4.90 Å². The molecule has 2 aromatic carbocycles. The minimum Gasteiger partial charge on any atom is -0.394 e. The SMILES string of the molecule is Cc1ccc([Si]2(C)CN(C(C)(C)CO)Cc3ccccc32)cc1. The highest BCUT2D eigenvalue weighted by atomic mass is 28.3. The van der Waals surface area contributed by atoms with Crippen molar-refractivity contribution >= 4 is 18.4 Å². The summed E-state index contributed by atoms with van der Waals surface area (Å²) in [6, 6.07) is 18.0. The van der Waals surface area contributed by atoms with Crippen molar-refractivity contribution in [3.05, 3.63) is 59.7 Å². The minimum absolute atomic E-state index is 0.188. The van der Waals surface area contributed by atoms with Crippen molar-refractivity contribution in [3.8, 4) is 0 Å². The van der Waals surface area contributed by atoms with E-state index in [-0.39, 0.29) is 12.1 Å². The van der Waals surface area contributed by atoms with Gasteiger partial charge in [0.25, 0.3) is 0 Å². The molecule has 0 saturated carbocycles. The van der Waals surface area contributed by atoms with E-state index in [1.54, 1.807) is 5.19 Å². The molecule has 1 aliphatic heterocycles. The van der Waals surface area contributed by atoms with Crippen LogP contribution in [-0.2, 0) is 6.54 Å². The van der Waals surface area contributed by atoms with Crippen molar-refractivity contribution in [2.75, 3.05) is 12.8 Å². The molecule has 0 aliphatic carbocycles. The highest BCUT2D eigenvalue weighted by Crippen LogP contribution is 2.25. The first-order valence-electron chi connectivity index (χ1n) is 8.38. The van der Waals surface area contributed by atoms with Crippen LogP contribution in [0.5, 0.6) is 0 Å². The van der Waals surface area contributed by atoms with Crippen molar-refractivity contribution in [1.29, 1.82) is 0 Å². The monoisotopic (exact) mass is 325 g/mol. The second-order valence-corrected chi connectivity index (χ2v) is 11.8. The van der Waals surface area contributed by atoms with Crippen LogP contribution in [0.2, 0.25) is 6.55 Å². The number of benzene rings is 2. The lowest BCUT2D eigenvalue weighted by atomic mass is 10.0. The molecule has 1 heterocycles. The number of aryl methyl sites for hydroxylation is 1. The van der Waals surface area contributed by atoms with Crippen LogP contribution in [0.15, 0.2) is 48.5 Å². The standard InChI is InChI=1S/C20H27NOSi/c1-16-9-11-18(12-10-16)23(4)15-21(20(2,3)14-22)13-17-7-5-6-8-19(17)23/h5-12,22H,13-15H2,1-4H3. The fourth-order valence-corrected chi connectivity index (χ4v) is 7.83. The topological polar surface area (TPSA) is 23.5 Å². The molecule has 1 unspecified atom stereocenters. The van der Waals surface area contributed by atoms with Gasteiger partial charge >= 0.3 is 0 Å². The highest BCUT2D eigenvalue weighted by Gasteiger charge is 2.42. The van der Waals surface area contributed by atoms with Crippen LogP contribution in [0, 0.1) is 6.92 Å². The summed E-state index contributed by atoms with van der Waals surface area (Å²) in [7, 11) is -1.83. The molecular formula is C20H27NOSi. The van der Waals surface area contributed by atoms with E-state index < -0.39 is 8.07 Å². The Hall–Kier alpha value is -1.42. The summed E-state index contributed by atoms with van der Waals surface area (Å²) in [5.41, 5.74) is 2.55. The van der Waals surface area contributed by atoms with Gasteiger partial charge in [-0.15, -0.1) is 0 Å². The molecule has 0 saturated heterocycles. The summed E-state index contributed by atoms with van der Waals surface area (Å²) in [5.74, 6) is 0. The smallest absolute Gasteiger partial charge is 0.129 e. The first-order valence-corrected chi connectivity index (χ1v) is 11.1. The van der Waals surface area contributed by atoms with Crippen molar-refractivity contribution in [1.82, 2.24) is 4.90 Å². The molecule has 1 N–H and O–H groups in total. The number of hydrogen-bond donors (Lipinski definition) is 1. The predicted molar refractivity (Wildman–Crippen MR) is 100 cm³/mol. The fourth-order valence-electron chi connectivity index (χ4n) is 3.62. The Labute approximate surface area is 140 Å². The zero-order valence-electron chi connectivity index (χ0n) is 14.6. The summed E-state index contributed by atoms with van der Waals surface area (Å²) in [5, 5.41) is 12.9. The van der Waals surface area contributed by atoms with Gasteiger partial charge in [0, 0.05) is 18.3 Å². The largest absolute Gasteiger partial charge is 0.394 e. The first-order chi connectivity index (χ1) is 10.9. The van der Waals surface area contributed by atoms with E-state index in [1.165, 1.54) is 16.3 Å². The van der Waals surface area contributed by atoms with Gasteiger partial charge in [0.05, 0.1) is 6.61 Å². The summed E-state index contributed by atoms with van der Waals surface area (Å²) in [6.45, 7) is 10.0. The Balaban J connectivity index is 2.12. The van der Waals surface area contributed by atoms with Gasteiger partial charge in [0.15, 0.2) is 0 Å². The Kier molecular flexibility index (Phi) is 4.21. The number of aliphatic hydroxyl groups excluding tert-OH is 1. The summed E-state index contributed by atoms with van der Waals surface area (Å²) in [4.78, 5) is 2.47. The minimum atomic E-state index is -1.83. The number of rotatable bonds is 3. The third kappa shape index (κ3) is 2.89. The number of fused-ring (bicyclic) bond motifs is 1. The zero-order valence-corrected chi connectivity index (χ0v) is 15.6. The maximum absolute atomic E-state index is 9.85. The predicted octanol–water partition coefficient (Wildman–Crippen LogP) is 2.31. The van der Waals surface area contributed by atoms with Crippen molar-refractivity contribution in [2.24, 2.45) is 0 Å². The first kappa shape index (κ1) is 16.4. The van der Waals surface area contributed by atoms with Gasteiger partial charge in [-0.25, -0.2) is 0 Å². The molecule has 2 aromatic rings. The van der Waals surface area contributed by atoms with Gasteiger partial charge in [-0.05, 0) is 31.5 Å². The molecule has 23 heavy (non-hydrogen) atoms. The molecule has 3 heteroatoms. The van der Waals surface area contributed by atoms with E-state index >= 15 is 0 Å². The van der Waals surface area contributed by atoms with E-state index in [0.29, 0.717) is 0 Å². The maximum atomic E-state index is 9.85. The third-order valence-corrected chi connectivity index (χ3v) is 9.71. The highest BCUT2D eigenvalue weighted by molar-refractivity contribution is 7.02. The van der Waals surface area contributed by atoms with E-state index in [4.69, 9.17) is 0 Å². The van der Waals surface area contributed by atoms with Crippen LogP contribution >= 0.6 is 0 Å². The molecule has 1 atom stereocenters. The van der Waals surface area contributed by atoms with Gasteiger partial charge in [0.2, 0.25) is 0 Å². The van der Waals surface area contributed by atoms with Gasteiger partial charge in [0.1, 0.15) is 8.07 Å².